The molecule has 0 radical (unpaired) electrons. The van der Waals surface area contributed by atoms with Crippen LogP contribution in [0.3, 0.4) is 0 Å². The highest BCUT2D eigenvalue weighted by Gasteiger charge is 2.35. The van der Waals surface area contributed by atoms with E-state index in [1.165, 1.54) is 11.1 Å². The summed E-state index contributed by atoms with van der Waals surface area (Å²) in [5.74, 6) is -1.05. The predicted octanol–water partition coefficient (Wildman–Crippen LogP) is 3.12. The van der Waals surface area contributed by atoms with Crippen molar-refractivity contribution >= 4 is 11.3 Å². The lowest BCUT2D eigenvalue weighted by molar-refractivity contribution is -0.145. The van der Waals surface area contributed by atoms with Gasteiger partial charge in [0.2, 0.25) is 5.82 Å². The third-order valence-electron chi connectivity index (χ3n) is 3.24. The van der Waals surface area contributed by atoms with Crippen molar-refractivity contribution in [2.24, 2.45) is 0 Å². The third kappa shape index (κ3) is 2.83. The van der Waals surface area contributed by atoms with Crippen LogP contribution in [0.4, 0.5) is 13.2 Å². The van der Waals surface area contributed by atoms with Crippen LogP contribution in [0.1, 0.15) is 22.0 Å². The summed E-state index contributed by atoms with van der Waals surface area (Å²) in [6.45, 7) is 2.01. The molecular weight excluding hydrogens is 287 g/mol. The van der Waals surface area contributed by atoms with E-state index in [0.717, 1.165) is 18.7 Å². The van der Waals surface area contributed by atoms with Crippen LogP contribution in [0, 0.1) is 0 Å². The first-order valence-corrected chi connectivity index (χ1v) is 7.07. The van der Waals surface area contributed by atoms with Crippen molar-refractivity contribution < 1.29 is 13.2 Å². The molecule has 0 aliphatic carbocycles. The topological polar surface area (TPSA) is 29.0 Å². The Balaban J connectivity index is 1.79. The Kier molecular flexibility index (Phi) is 3.47. The van der Waals surface area contributed by atoms with Gasteiger partial charge in [0.05, 0.1) is 5.69 Å². The Labute approximate surface area is 118 Å². The van der Waals surface area contributed by atoms with Crippen LogP contribution in [-0.4, -0.2) is 21.4 Å². The van der Waals surface area contributed by atoms with Crippen molar-refractivity contribution in [3.8, 4) is 0 Å². The predicted molar refractivity (Wildman–Crippen MR) is 69.2 cm³/mol. The van der Waals surface area contributed by atoms with Gasteiger partial charge in [-0.25, -0.2) is 9.97 Å². The summed E-state index contributed by atoms with van der Waals surface area (Å²) in [4.78, 5) is 10.4. The maximum Gasteiger partial charge on any atom is 0.451 e. The average Bonchev–Trinajstić information content (AvgIpc) is 2.90. The lowest BCUT2D eigenvalue weighted by atomic mass is 10.1. The molecule has 1 aliphatic heterocycles. The fraction of sp³-hybridized carbons (Fsp3) is 0.385. The van der Waals surface area contributed by atoms with Crippen molar-refractivity contribution in [1.29, 1.82) is 0 Å². The minimum Gasteiger partial charge on any atom is -0.292 e. The summed E-state index contributed by atoms with van der Waals surface area (Å²) >= 11 is 1.65. The van der Waals surface area contributed by atoms with Crippen molar-refractivity contribution in [3.05, 3.63) is 45.7 Å². The van der Waals surface area contributed by atoms with Crippen molar-refractivity contribution in [2.45, 2.75) is 25.7 Å². The van der Waals surface area contributed by atoms with Gasteiger partial charge < -0.3 is 0 Å². The van der Waals surface area contributed by atoms with Crippen molar-refractivity contribution in [2.75, 3.05) is 6.54 Å². The molecule has 2 aromatic heterocycles. The van der Waals surface area contributed by atoms with Gasteiger partial charge in [-0.05, 0) is 23.4 Å². The zero-order chi connectivity index (χ0) is 14.2. The molecule has 0 fully saturated rings. The minimum atomic E-state index is -4.48. The molecule has 0 amide bonds. The summed E-state index contributed by atoms with van der Waals surface area (Å²) in [5, 5.41) is 2.00. The van der Waals surface area contributed by atoms with Crippen molar-refractivity contribution in [1.82, 2.24) is 14.9 Å². The fourth-order valence-corrected chi connectivity index (χ4v) is 3.00. The van der Waals surface area contributed by atoms with Gasteiger partial charge in [-0.3, -0.25) is 4.90 Å². The number of nitrogens with zero attached hydrogens (tertiary/aromatic N) is 3. The molecule has 0 unspecified atom stereocenters. The maximum atomic E-state index is 12.6. The summed E-state index contributed by atoms with van der Waals surface area (Å²) in [7, 11) is 0. The monoisotopic (exact) mass is 299 g/mol. The Morgan fingerprint density at radius 3 is 2.90 bits per heavy atom. The van der Waals surface area contributed by atoms with E-state index < -0.39 is 12.0 Å². The van der Waals surface area contributed by atoms with E-state index in [9.17, 15) is 13.2 Å². The van der Waals surface area contributed by atoms with E-state index >= 15 is 0 Å². The number of fused-ring (bicyclic) bond motifs is 1. The van der Waals surface area contributed by atoms with E-state index in [4.69, 9.17) is 0 Å². The molecule has 20 heavy (non-hydrogen) atoms. The molecule has 3 rings (SSSR count). The van der Waals surface area contributed by atoms with Crippen LogP contribution in [0.2, 0.25) is 0 Å². The molecule has 1 aliphatic rings. The molecule has 0 saturated heterocycles. The molecule has 7 heteroatoms. The zero-order valence-corrected chi connectivity index (χ0v) is 11.3. The molecule has 0 bridgehead atoms. The molecule has 0 spiro atoms. The number of hydrogen-bond donors (Lipinski definition) is 0. The van der Waals surface area contributed by atoms with Gasteiger partial charge in [0.15, 0.2) is 0 Å². The second kappa shape index (κ2) is 5.14. The third-order valence-corrected chi connectivity index (χ3v) is 4.10. The first-order chi connectivity index (χ1) is 9.52. The first-order valence-electron chi connectivity index (χ1n) is 6.19. The van der Waals surface area contributed by atoms with Gasteiger partial charge in [0.1, 0.15) is 0 Å². The molecule has 3 nitrogen and oxygen atoms in total. The van der Waals surface area contributed by atoms with E-state index in [1.54, 1.807) is 11.3 Å². The van der Waals surface area contributed by atoms with Crippen LogP contribution < -0.4 is 0 Å². The number of hydrogen-bond acceptors (Lipinski definition) is 4. The normalized spacial score (nSPS) is 16.1. The molecule has 0 N–H and O–H groups in total. The maximum absolute atomic E-state index is 12.6. The molecule has 0 saturated carbocycles. The standard InChI is InChI=1S/C13H12F3N3S/c14-13(15,16)12-17-6-9-3-4-19(8-11(9)18-12)7-10-2-1-5-20-10/h1-2,5-6H,3-4,7-8H2. The highest BCUT2D eigenvalue weighted by molar-refractivity contribution is 7.09. The Bertz CT molecular complexity index is 595. The van der Waals surface area contributed by atoms with Crippen LogP contribution in [0.15, 0.2) is 23.7 Å². The summed E-state index contributed by atoms with van der Waals surface area (Å²) < 4.78 is 37.9. The molecule has 0 aromatic carbocycles. The summed E-state index contributed by atoms with van der Waals surface area (Å²) in [6, 6.07) is 4.00. The van der Waals surface area contributed by atoms with Gasteiger partial charge in [0, 0.05) is 30.7 Å². The quantitative estimate of drug-likeness (QED) is 0.853. The summed E-state index contributed by atoms with van der Waals surface area (Å²) in [6.07, 6.45) is -2.47. The lowest BCUT2D eigenvalue weighted by Crippen LogP contribution is -2.31. The summed E-state index contributed by atoms with van der Waals surface area (Å²) in [5.41, 5.74) is 1.32. The molecular formula is C13H12F3N3S. The number of thiophene rings is 1. The highest BCUT2D eigenvalue weighted by Crippen LogP contribution is 2.28. The fourth-order valence-electron chi connectivity index (χ4n) is 2.25. The number of rotatable bonds is 2. The minimum absolute atomic E-state index is 0.443. The smallest absolute Gasteiger partial charge is 0.292 e. The largest absolute Gasteiger partial charge is 0.451 e. The van der Waals surface area contributed by atoms with Gasteiger partial charge in [0.25, 0.3) is 0 Å². The van der Waals surface area contributed by atoms with Gasteiger partial charge in [-0.1, -0.05) is 6.07 Å². The van der Waals surface area contributed by atoms with Crippen LogP contribution >= 0.6 is 11.3 Å². The zero-order valence-electron chi connectivity index (χ0n) is 10.5. The van der Waals surface area contributed by atoms with E-state index in [-0.39, 0.29) is 0 Å². The van der Waals surface area contributed by atoms with Crippen LogP contribution in [0.5, 0.6) is 0 Å². The lowest BCUT2D eigenvalue weighted by Gasteiger charge is -2.27. The SMILES string of the molecule is FC(F)(F)c1ncc2c(n1)CN(Cc1cccs1)CC2. The van der Waals surface area contributed by atoms with Crippen LogP contribution in [-0.2, 0) is 25.7 Å². The van der Waals surface area contributed by atoms with E-state index in [2.05, 4.69) is 14.9 Å². The molecule has 3 heterocycles. The van der Waals surface area contributed by atoms with Crippen LogP contribution in [0.25, 0.3) is 0 Å². The van der Waals surface area contributed by atoms with Gasteiger partial charge >= 0.3 is 6.18 Å². The number of halogens is 3. The van der Waals surface area contributed by atoms with E-state index in [0.29, 0.717) is 18.7 Å². The van der Waals surface area contributed by atoms with Gasteiger partial charge in [-0.15, -0.1) is 11.3 Å². The Morgan fingerprint density at radius 1 is 1.35 bits per heavy atom. The Morgan fingerprint density at radius 2 is 2.20 bits per heavy atom. The van der Waals surface area contributed by atoms with E-state index in [1.807, 2.05) is 17.5 Å². The Hall–Kier alpha value is -1.47. The average molecular weight is 299 g/mol. The second-order valence-corrected chi connectivity index (χ2v) is 5.74. The number of alkyl halides is 3. The molecule has 0 atom stereocenters. The number of aromatic nitrogens is 2. The molecule has 106 valence electrons. The highest BCUT2D eigenvalue weighted by atomic mass is 32.1. The molecule has 2 aromatic rings. The van der Waals surface area contributed by atoms with Crippen molar-refractivity contribution in [3.63, 3.8) is 0 Å². The first kappa shape index (κ1) is 13.5. The van der Waals surface area contributed by atoms with Gasteiger partial charge in [-0.2, -0.15) is 13.2 Å². The second-order valence-electron chi connectivity index (χ2n) is 4.70.